The molecule has 0 radical (unpaired) electrons. The molecule has 0 spiro atoms. The molecular weight excluding hydrogens is 392 g/mol. The standard InChI is InChI=1S/C19H16Cl2FN3O2/c1-24(14-4-2-3-13(20)10-14)19(27)11-25-18(26)8-7-17(23-25)12-5-6-15(21)16(22)9-12/h2-6,9-10H,7-8,11H2,1H3. The third kappa shape index (κ3) is 4.46. The Hall–Kier alpha value is -2.44. The van der Waals surface area contributed by atoms with Gasteiger partial charge in [0.15, 0.2) is 0 Å². The van der Waals surface area contributed by atoms with Gasteiger partial charge in [0.05, 0.1) is 10.7 Å². The Morgan fingerprint density at radius 3 is 2.70 bits per heavy atom. The van der Waals surface area contributed by atoms with Gasteiger partial charge in [0.25, 0.3) is 0 Å². The van der Waals surface area contributed by atoms with Crippen LogP contribution < -0.4 is 4.90 Å². The van der Waals surface area contributed by atoms with Crippen molar-refractivity contribution in [1.29, 1.82) is 0 Å². The van der Waals surface area contributed by atoms with Crippen molar-refractivity contribution < 1.29 is 14.0 Å². The number of anilines is 1. The third-order valence-electron chi connectivity index (χ3n) is 4.21. The van der Waals surface area contributed by atoms with Crippen molar-refractivity contribution in [2.24, 2.45) is 5.10 Å². The minimum absolute atomic E-state index is 0.0152. The van der Waals surface area contributed by atoms with E-state index in [4.69, 9.17) is 23.2 Å². The topological polar surface area (TPSA) is 53.0 Å². The summed E-state index contributed by atoms with van der Waals surface area (Å²) >= 11 is 11.7. The van der Waals surface area contributed by atoms with E-state index in [1.807, 2.05) is 0 Å². The van der Waals surface area contributed by atoms with Crippen molar-refractivity contribution in [3.63, 3.8) is 0 Å². The van der Waals surface area contributed by atoms with E-state index < -0.39 is 5.82 Å². The molecule has 0 saturated heterocycles. The largest absolute Gasteiger partial charge is 0.314 e. The zero-order valence-electron chi connectivity index (χ0n) is 14.5. The first-order chi connectivity index (χ1) is 12.8. The van der Waals surface area contributed by atoms with Gasteiger partial charge in [-0.25, -0.2) is 9.40 Å². The summed E-state index contributed by atoms with van der Waals surface area (Å²) in [6, 6.07) is 11.2. The maximum absolute atomic E-state index is 13.7. The van der Waals surface area contributed by atoms with Gasteiger partial charge in [0.1, 0.15) is 12.4 Å². The summed E-state index contributed by atoms with van der Waals surface area (Å²) in [5, 5.41) is 5.90. The van der Waals surface area contributed by atoms with Crippen molar-refractivity contribution in [3.8, 4) is 0 Å². The fourth-order valence-electron chi connectivity index (χ4n) is 2.67. The van der Waals surface area contributed by atoms with Crippen molar-refractivity contribution >= 4 is 46.4 Å². The van der Waals surface area contributed by atoms with Gasteiger partial charge in [-0.15, -0.1) is 0 Å². The number of hydrazone groups is 1. The molecule has 0 saturated carbocycles. The average molecular weight is 408 g/mol. The monoisotopic (exact) mass is 407 g/mol. The molecule has 3 rings (SSSR count). The molecule has 27 heavy (non-hydrogen) atoms. The molecule has 2 aromatic rings. The number of hydrogen-bond donors (Lipinski definition) is 0. The number of amides is 2. The molecule has 2 aromatic carbocycles. The number of carbonyl (C=O) groups excluding carboxylic acids is 2. The number of nitrogens with zero attached hydrogens (tertiary/aromatic N) is 3. The normalized spacial score (nSPS) is 14.1. The lowest BCUT2D eigenvalue weighted by Crippen LogP contribution is -2.41. The molecule has 0 fully saturated rings. The first-order valence-electron chi connectivity index (χ1n) is 8.20. The highest BCUT2D eigenvalue weighted by Crippen LogP contribution is 2.22. The molecular formula is C19H16Cl2FN3O2. The zero-order valence-corrected chi connectivity index (χ0v) is 16.0. The summed E-state index contributed by atoms with van der Waals surface area (Å²) in [6.45, 7) is -0.221. The van der Waals surface area contributed by atoms with Gasteiger partial charge in [-0.05, 0) is 30.3 Å². The molecule has 1 aliphatic heterocycles. The van der Waals surface area contributed by atoms with Crippen molar-refractivity contribution in [2.45, 2.75) is 12.8 Å². The van der Waals surface area contributed by atoms with E-state index in [1.54, 1.807) is 37.4 Å². The lowest BCUT2D eigenvalue weighted by molar-refractivity contribution is -0.135. The van der Waals surface area contributed by atoms with Crippen LogP contribution in [0.3, 0.4) is 0 Å². The lowest BCUT2D eigenvalue weighted by Gasteiger charge is -2.25. The van der Waals surface area contributed by atoms with Crippen LogP contribution >= 0.6 is 23.2 Å². The van der Waals surface area contributed by atoms with Crippen molar-refractivity contribution in [1.82, 2.24) is 5.01 Å². The highest BCUT2D eigenvalue weighted by atomic mass is 35.5. The second-order valence-corrected chi connectivity index (χ2v) is 6.90. The van der Waals surface area contributed by atoms with Gasteiger partial charge < -0.3 is 4.90 Å². The van der Waals surface area contributed by atoms with Crippen LogP contribution in [-0.2, 0) is 9.59 Å². The third-order valence-corrected chi connectivity index (χ3v) is 4.75. The van der Waals surface area contributed by atoms with Gasteiger partial charge in [-0.1, -0.05) is 35.3 Å². The highest BCUT2D eigenvalue weighted by molar-refractivity contribution is 6.31. The van der Waals surface area contributed by atoms with Gasteiger partial charge >= 0.3 is 0 Å². The van der Waals surface area contributed by atoms with Crippen LogP contribution in [0.5, 0.6) is 0 Å². The number of hydrogen-bond acceptors (Lipinski definition) is 3. The maximum Gasteiger partial charge on any atom is 0.248 e. The Balaban J connectivity index is 1.79. The number of halogens is 3. The molecule has 140 valence electrons. The Morgan fingerprint density at radius 2 is 2.00 bits per heavy atom. The van der Waals surface area contributed by atoms with E-state index in [2.05, 4.69) is 5.10 Å². The summed E-state index contributed by atoms with van der Waals surface area (Å²) in [7, 11) is 1.60. The molecule has 0 unspecified atom stereocenters. The summed E-state index contributed by atoms with van der Waals surface area (Å²) in [5.41, 5.74) is 1.68. The smallest absolute Gasteiger partial charge is 0.248 e. The Bertz CT molecular complexity index is 933. The maximum atomic E-state index is 13.7. The molecule has 0 aromatic heterocycles. The summed E-state index contributed by atoms with van der Waals surface area (Å²) in [4.78, 5) is 26.1. The number of benzene rings is 2. The number of likely N-dealkylation sites (N-methyl/N-ethyl adjacent to an activating group) is 1. The summed E-state index contributed by atoms with van der Waals surface area (Å²) in [6.07, 6.45) is 0.561. The number of carbonyl (C=O) groups is 2. The van der Waals surface area contributed by atoms with E-state index in [0.29, 0.717) is 28.4 Å². The predicted octanol–water partition coefficient (Wildman–Crippen LogP) is 4.12. The van der Waals surface area contributed by atoms with Crippen molar-refractivity contribution in [3.05, 3.63) is 63.9 Å². The Morgan fingerprint density at radius 1 is 1.22 bits per heavy atom. The second-order valence-electron chi connectivity index (χ2n) is 6.06. The molecule has 0 N–H and O–H groups in total. The molecule has 0 bridgehead atoms. The van der Waals surface area contributed by atoms with Crippen LogP contribution in [0.1, 0.15) is 18.4 Å². The van der Waals surface area contributed by atoms with Crippen LogP contribution in [0.25, 0.3) is 0 Å². The quantitative estimate of drug-likeness (QED) is 0.764. The van der Waals surface area contributed by atoms with Crippen LogP contribution in [-0.4, -0.2) is 36.1 Å². The van der Waals surface area contributed by atoms with E-state index in [0.717, 1.165) is 5.01 Å². The van der Waals surface area contributed by atoms with Crippen LogP contribution in [0.4, 0.5) is 10.1 Å². The molecule has 0 atom stereocenters. The van der Waals surface area contributed by atoms with Crippen molar-refractivity contribution in [2.75, 3.05) is 18.5 Å². The summed E-state index contributed by atoms with van der Waals surface area (Å²) in [5.74, 6) is -1.14. The Labute approximate surface area is 166 Å². The zero-order chi connectivity index (χ0) is 19.6. The first-order valence-corrected chi connectivity index (χ1v) is 8.96. The molecule has 8 heteroatoms. The van der Waals surface area contributed by atoms with E-state index >= 15 is 0 Å². The van der Waals surface area contributed by atoms with Crippen LogP contribution in [0.2, 0.25) is 10.0 Å². The fourth-order valence-corrected chi connectivity index (χ4v) is 2.97. The first kappa shape index (κ1) is 19.3. The minimum Gasteiger partial charge on any atom is -0.314 e. The molecule has 1 heterocycles. The van der Waals surface area contributed by atoms with E-state index in [-0.39, 0.29) is 29.8 Å². The van der Waals surface area contributed by atoms with E-state index in [9.17, 15) is 14.0 Å². The second kappa shape index (κ2) is 8.06. The van der Waals surface area contributed by atoms with Gasteiger partial charge in [-0.2, -0.15) is 5.10 Å². The Kier molecular flexibility index (Phi) is 5.77. The van der Waals surface area contributed by atoms with Crippen LogP contribution in [0, 0.1) is 5.82 Å². The highest BCUT2D eigenvalue weighted by Gasteiger charge is 2.25. The predicted molar refractivity (Wildman–Crippen MR) is 104 cm³/mol. The fraction of sp³-hybridized carbons (Fsp3) is 0.211. The molecule has 0 aliphatic carbocycles. The van der Waals surface area contributed by atoms with E-state index in [1.165, 1.54) is 17.0 Å². The average Bonchev–Trinajstić information content (AvgIpc) is 2.65. The van der Waals surface area contributed by atoms with Gasteiger partial charge in [-0.3, -0.25) is 9.59 Å². The molecule has 2 amide bonds. The minimum atomic E-state index is -0.558. The lowest BCUT2D eigenvalue weighted by atomic mass is 10.0. The summed E-state index contributed by atoms with van der Waals surface area (Å²) < 4.78 is 13.7. The number of rotatable bonds is 4. The van der Waals surface area contributed by atoms with Crippen LogP contribution in [0.15, 0.2) is 47.6 Å². The van der Waals surface area contributed by atoms with Gasteiger partial charge in [0.2, 0.25) is 11.8 Å². The molecule has 5 nitrogen and oxygen atoms in total. The SMILES string of the molecule is CN(C(=O)CN1N=C(c2ccc(Cl)c(F)c2)CCC1=O)c1cccc(Cl)c1. The van der Waals surface area contributed by atoms with Gasteiger partial charge in [0, 0.05) is 36.2 Å². The molecule has 1 aliphatic rings.